The van der Waals surface area contributed by atoms with E-state index in [4.69, 9.17) is 27.9 Å². The minimum Gasteiger partial charge on any atom is -0.495 e. The van der Waals surface area contributed by atoms with E-state index in [0.717, 1.165) is 4.68 Å². The molecule has 2 aromatic rings. The van der Waals surface area contributed by atoms with Crippen LogP contribution >= 0.6 is 23.2 Å². The molecule has 3 rings (SSSR count). The Balaban J connectivity index is 2.13. The number of aromatic nitrogens is 2. The molecule has 2 heterocycles. The molecule has 1 amide bonds. The Kier molecular flexibility index (Phi) is 7.12. The van der Waals surface area contributed by atoms with Crippen LogP contribution < -0.4 is 9.64 Å². The number of anilines is 1. The first kappa shape index (κ1) is 25.5. The lowest BCUT2D eigenvalue weighted by atomic mass is 10.0. The zero-order valence-corrected chi connectivity index (χ0v) is 20.1. The predicted molar refractivity (Wildman–Crippen MR) is 119 cm³/mol. The van der Waals surface area contributed by atoms with Gasteiger partial charge in [0.2, 0.25) is 5.91 Å². The van der Waals surface area contributed by atoms with Gasteiger partial charge in [0.15, 0.2) is 5.69 Å². The van der Waals surface area contributed by atoms with Gasteiger partial charge in [0, 0.05) is 31.3 Å². The summed E-state index contributed by atoms with van der Waals surface area (Å²) in [5.41, 5.74) is -2.56. The van der Waals surface area contributed by atoms with Crippen LogP contribution in [0, 0.1) is 0 Å². The highest BCUT2D eigenvalue weighted by Gasteiger charge is 2.44. The average molecular weight is 509 g/mol. The van der Waals surface area contributed by atoms with Crippen LogP contribution in [-0.2, 0) is 16.6 Å². The van der Waals surface area contributed by atoms with Crippen LogP contribution in [0.25, 0.3) is 0 Å². The molecule has 33 heavy (non-hydrogen) atoms. The number of alkyl halides is 3. The van der Waals surface area contributed by atoms with E-state index in [1.54, 1.807) is 25.1 Å². The molecular weight excluding hydrogens is 484 g/mol. The molecule has 1 N–H and O–H groups in total. The number of amides is 1. The number of carbonyl (C=O) groups excluding carboxylic acids is 1. The fourth-order valence-corrected chi connectivity index (χ4v) is 4.57. The molecule has 1 atom stereocenters. The van der Waals surface area contributed by atoms with Crippen LogP contribution in [0.2, 0.25) is 10.0 Å². The van der Waals surface area contributed by atoms with Gasteiger partial charge in [-0.05, 0) is 26.0 Å². The smallest absolute Gasteiger partial charge is 0.436 e. The number of hydrogen-bond donors (Lipinski definition) is 1. The van der Waals surface area contributed by atoms with Gasteiger partial charge in [0.25, 0.3) is 0 Å². The van der Waals surface area contributed by atoms with Crippen molar-refractivity contribution in [1.29, 1.82) is 0 Å². The van der Waals surface area contributed by atoms with Crippen molar-refractivity contribution in [2.75, 3.05) is 31.6 Å². The van der Waals surface area contributed by atoms with Gasteiger partial charge < -0.3 is 19.6 Å². The maximum absolute atomic E-state index is 13.6. The monoisotopic (exact) mass is 508 g/mol. The number of carbonyl (C=O) groups is 1. The van der Waals surface area contributed by atoms with Crippen molar-refractivity contribution in [2.24, 2.45) is 0 Å². The number of hydrogen-bond acceptors (Lipinski definition) is 5. The Morgan fingerprint density at radius 1 is 1.27 bits per heavy atom. The van der Waals surface area contributed by atoms with Crippen molar-refractivity contribution in [2.45, 2.75) is 45.1 Å². The summed E-state index contributed by atoms with van der Waals surface area (Å²) in [5, 5.41) is 14.1. The van der Waals surface area contributed by atoms with Gasteiger partial charge >= 0.3 is 6.18 Å². The van der Waals surface area contributed by atoms with Crippen molar-refractivity contribution in [3.63, 3.8) is 0 Å². The topological polar surface area (TPSA) is 70.8 Å². The van der Waals surface area contributed by atoms with E-state index in [-0.39, 0.29) is 31.1 Å². The first-order valence-corrected chi connectivity index (χ1v) is 11.0. The van der Waals surface area contributed by atoms with Gasteiger partial charge in [0.1, 0.15) is 17.5 Å². The van der Waals surface area contributed by atoms with Crippen LogP contribution in [0.5, 0.6) is 5.75 Å². The zero-order chi connectivity index (χ0) is 24.7. The molecule has 1 aliphatic rings. The fourth-order valence-electron chi connectivity index (χ4n) is 3.91. The van der Waals surface area contributed by atoms with Crippen LogP contribution in [0.15, 0.2) is 18.2 Å². The Morgan fingerprint density at radius 2 is 1.94 bits per heavy atom. The van der Waals surface area contributed by atoms with Crippen LogP contribution in [-0.4, -0.2) is 52.4 Å². The number of benzene rings is 1. The lowest BCUT2D eigenvalue weighted by Crippen LogP contribution is -2.53. The minimum absolute atomic E-state index is 0.106. The molecular formula is C21H25Cl2F3N4O3. The van der Waals surface area contributed by atoms with Crippen LogP contribution in [0.3, 0.4) is 0 Å². The Hall–Kier alpha value is -2.17. The van der Waals surface area contributed by atoms with E-state index in [9.17, 15) is 23.1 Å². The molecule has 1 aliphatic heterocycles. The molecule has 1 aromatic carbocycles. The molecule has 1 fully saturated rings. The molecule has 0 saturated carbocycles. The third kappa shape index (κ3) is 5.02. The Labute approximate surface area is 199 Å². The lowest BCUT2D eigenvalue weighted by Gasteiger charge is -2.43. The zero-order valence-electron chi connectivity index (χ0n) is 18.6. The van der Waals surface area contributed by atoms with Gasteiger partial charge in [-0.15, -0.1) is 0 Å². The third-order valence-electron chi connectivity index (χ3n) is 5.46. The second-order valence-corrected chi connectivity index (χ2v) is 8.98. The number of halogens is 5. The molecule has 0 radical (unpaired) electrons. The largest absolute Gasteiger partial charge is 0.495 e. The van der Waals surface area contributed by atoms with E-state index in [1.165, 1.54) is 25.9 Å². The highest BCUT2D eigenvalue weighted by atomic mass is 35.5. The highest BCUT2D eigenvalue weighted by molar-refractivity contribution is 6.32. The molecule has 12 heteroatoms. The highest BCUT2D eigenvalue weighted by Crippen LogP contribution is 2.41. The SMILES string of the molecule is CCC(=O)N1CCN(c2ccc(Cl)c(OC)c2)CC1n1nc(C(F)(F)F)c(Cl)c1C(C)(C)O. The summed E-state index contributed by atoms with van der Waals surface area (Å²) in [6, 6.07) is 5.13. The number of aliphatic hydroxyl groups is 1. The minimum atomic E-state index is -4.83. The van der Waals surface area contributed by atoms with Gasteiger partial charge in [0.05, 0.1) is 29.4 Å². The van der Waals surface area contributed by atoms with Gasteiger partial charge in [-0.25, -0.2) is 4.68 Å². The second kappa shape index (κ2) is 9.23. The van der Waals surface area contributed by atoms with E-state index < -0.39 is 28.7 Å². The summed E-state index contributed by atoms with van der Waals surface area (Å²) in [6.07, 6.45) is -5.62. The molecule has 182 valence electrons. The Morgan fingerprint density at radius 3 is 2.48 bits per heavy atom. The molecule has 0 spiro atoms. The van der Waals surface area contributed by atoms with E-state index >= 15 is 0 Å². The van der Waals surface area contributed by atoms with Gasteiger partial charge in [-0.2, -0.15) is 18.3 Å². The number of nitrogens with zero attached hydrogens (tertiary/aromatic N) is 4. The van der Waals surface area contributed by atoms with Gasteiger partial charge in [-0.1, -0.05) is 30.1 Å². The van der Waals surface area contributed by atoms with Crippen molar-refractivity contribution in [3.8, 4) is 5.75 Å². The average Bonchev–Trinajstić information content (AvgIpc) is 3.11. The molecule has 1 aromatic heterocycles. The maximum atomic E-state index is 13.6. The van der Waals surface area contributed by atoms with Crippen LogP contribution in [0.4, 0.5) is 18.9 Å². The predicted octanol–water partition coefficient (Wildman–Crippen LogP) is 4.70. The Bertz CT molecular complexity index is 1040. The third-order valence-corrected chi connectivity index (χ3v) is 6.13. The van der Waals surface area contributed by atoms with Gasteiger partial charge in [-0.3, -0.25) is 4.79 Å². The van der Waals surface area contributed by atoms with Crippen molar-refractivity contribution < 1.29 is 27.8 Å². The molecule has 0 aliphatic carbocycles. The van der Waals surface area contributed by atoms with Crippen LogP contribution in [0.1, 0.15) is 44.7 Å². The summed E-state index contributed by atoms with van der Waals surface area (Å²) < 4.78 is 47.2. The number of piperazine rings is 1. The second-order valence-electron chi connectivity index (χ2n) is 8.20. The molecule has 7 nitrogen and oxygen atoms in total. The first-order chi connectivity index (χ1) is 15.3. The lowest BCUT2D eigenvalue weighted by molar-refractivity contribution is -0.142. The quantitative estimate of drug-likeness (QED) is 0.633. The molecule has 1 unspecified atom stereocenters. The number of rotatable bonds is 5. The van der Waals surface area contributed by atoms with Crippen molar-refractivity contribution in [3.05, 3.63) is 39.6 Å². The molecule has 1 saturated heterocycles. The normalized spacial score (nSPS) is 17.5. The van der Waals surface area contributed by atoms with Crippen molar-refractivity contribution >= 4 is 34.8 Å². The van der Waals surface area contributed by atoms with Crippen molar-refractivity contribution in [1.82, 2.24) is 14.7 Å². The maximum Gasteiger partial charge on any atom is 0.436 e. The molecule has 0 bridgehead atoms. The summed E-state index contributed by atoms with van der Waals surface area (Å²) in [6.45, 7) is 5.07. The summed E-state index contributed by atoms with van der Waals surface area (Å²) in [5.74, 6) is 0.187. The number of methoxy groups -OCH3 is 1. The van der Waals surface area contributed by atoms with E-state index in [1.807, 2.05) is 4.90 Å². The first-order valence-electron chi connectivity index (χ1n) is 10.3. The fraction of sp³-hybridized carbons (Fsp3) is 0.524. The van der Waals surface area contributed by atoms with E-state index in [0.29, 0.717) is 23.0 Å². The summed E-state index contributed by atoms with van der Waals surface area (Å²) in [4.78, 5) is 16.0. The number of ether oxygens (including phenoxy) is 1. The van der Waals surface area contributed by atoms with E-state index in [2.05, 4.69) is 5.10 Å². The summed E-state index contributed by atoms with van der Waals surface area (Å²) in [7, 11) is 1.48. The standard InChI is InChI=1S/C21H25Cl2F3N4O3/c1-5-16(31)29-9-8-28(12-6-7-13(22)14(10-12)33-4)11-15(29)30-19(20(2,3)32)17(23)18(27-30)21(24,25)26/h6-7,10,15,32H,5,8-9,11H2,1-4H3. The summed E-state index contributed by atoms with van der Waals surface area (Å²) >= 11 is 12.2.